The fourth-order valence-corrected chi connectivity index (χ4v) is 2.87. The normalized spacial score (nSPS) is 39.2. The van der Waals surface area contributed by atoms with E-state index in [1.54, 1.807) is 0 Å². The highest BCUT2D eigenvalue weighted by atomic mass is 127. The smallest absolute Gasteiger partial charge is 0.139 e. The van der Waals surface area contributed by atoms with Gasteiger partial charge >= 0.3 is 0 Å². The molecule has 0 aromatic carbocycles. The van der Waals surface area contributed by atoms with E-state index in [-0.39, 0.29) is 5.41 Å². The predicted octanol–water partition coefficient (Wildman–Crippen LogP) is 2.96. The second-order valence-electron chi connectivity index (χ2n) is 3.55. The summed E-state index contributed by atoms with van der Waals surface area (Å²) >= 11 is 2.43. The van der Waals surface area contributed by atoms with Crippen LogP contribution < -0.4 is 0 Å². The molecule has 1 saturated carbocycles. The molecule has 0 aliphatic heterocycles. The lowest BCUT2D eigenvalue weighted by Crippen LogP contribution is -2.39. The number of hydrogen-bond acceptors (Lipinski definition) is 1. The molecule has 0 amide bonds. The molecular weight excluding hydrogens is 251 g/mol. The number of hydrogen-bond donors (Lipinski definition) is 0. The van der Waals surface area contributed by atoms with Crippen LogP contribution in [0.25, 0.3) is 0 Å². The van der Waals surface area contributed by atoms with Crippen LogP contribution in [0.1, 0.15) is 39.5 Å². The summed E-state index contributed by atoms with van der Waals surface area (Å²) in [7, 11) is 0. The molecule has 0 N–H and O–H groups in total. The third kappa shape index (κ3) is 1.60. The van der Waals surface area contributed by atoms with Crippen molar-refractivity contribution < 1.29 is 4.79 Å². The van der Waals surface area contributed by atoms with E-state index < -0.39 is 0 Å². The van der Waals surface area contributed by atoms with E-state index in [1.807, 2.05) is 0 Å². The first-order valence-corrected chi connectivity index (χ1v) is 5.53. The quantitative estimate of drug-likeness (QED) is 0.526. The third-order valence-electron chi connectivity index (χ3n) is 2.92. The van der Waals surface area contributed by atoms with E-state index in [1.165, 1.54) is 6.42 Å². The predicted molar refractivity (Wildman–Crippen MR) is 55.1 cm³/mol. The van der Waals surface area contributed by atoms with Crippen LogP contribution in [0.15, 0.2) is 0 Å². The Labute approximate surface area is 82.1 Å². The molecular formula is C9H15IO. The van der Waals surface area contributed by atoms with Gasteiger partial charge in [-0.15, -0.1) is 0 Å². The molecule has 0 bridgehead atoms. The van der Waals surface area contributed by atoms with Gasteiger partial charge in [0.15, 0.2) is 0 Å². The molecule has 11 heavy (non-hydrogen) atoms. The van der Waals surface area contributed by atoms with Crippen LogP contribution in [-0.4, -0.2) is 9.71 Å². The second-order valence-corrected chi connectivity index (χ2v) is 5.06. The Hall–Kier alpha value is 0.400. The zero-order valence-electron chi connectivity index (χ0n) is 7.19. The Morgan fingerprint density at radius 1 is 1.73 bits per heavy atom. The molecule has 1 nitrogen and oxygen atoms in total. The van der Waals surface area contributed by atoms with Gasteiger partial charge in [0.1, 0.15) is 5.78 Å². The van der Waals surface area contributed by atoms with Gasteiger partial charge in [0.05, 0.1) is 0 Å². The molecule has 0 spiro atoms. The molecule has 2 heteroatoms. The van der Waals surface area contributed by atoms with Crippen molar-refractivity contribution in [2.75, 3.05) is 0 Å². The minimum Gasteiger partial charge on any atom is -0.299 e. The van der Waals surface area contributed by atoms with Crippen LogP contribution in [0.4, 0.5) is 0 Å². The first-order chi connectivity index (χ1) is 5.11. The number of alkyl halides is 1. The fraction of sp³-hybridized carbons (Fsp3) is 0.889. The van der Waals surface area contributed by atoms with Crippen LogP contribution in [0, 0.1) is 5.41 Å². The highest BCUT2D eigenvalue weighted by Gasteiger charge is 2.40. The van der Waals surface area contributed by atoms with Crippen molar-refractivity contribution in [3.63, 3.8) is 0 Å². The van der Waals surface area contributed by atoms with Gasteiger partial charge in [0.2, 0.25) is 0 Å². The minimum absolute atomic E-state index is 0.0151. The van der Waals surface area contributed by atoms with Gasteiger partial charge in [-0.1, -0.05) is 36.4 Å². The largest absolute Gasteiger partial charge is 0.299 e. The number of carbonyl (C=O) groups is 1. The first kappa shape index (κ1) is 9.49. The van der Waals surface area contributed by atoms with Crippen LogP contribution in [0.5, 0.6) is 0 Å². The molecule has 0 saturated heterocycles. The van der Waals surface area contributed by atoms with Crippen LogP contribution in [0.2, 0.25) is 0 Å². The first-order valence-electron chi connectivity index (χ1n) is 4.28. The van der Waals surface area contributed by atoms with Crippen molar-refractivity contribution in [1.29, 1.82) is 0 Å². The van der Waals surface area contributed by atoms with E-state index in [2.05, 4.69) is 36.4 Å². The Kier molecular flexibility index (Phi) is 2.95. The molecule has 0 aromatic rings. The minimum atomic E-state index is -0.0151. The molecule has 64 valence electrons. The average molecular weight is 266 g/mol. The Balaban J connectivity index is 2.77. The summed E-state index contributed by atoms with van der Waals surface area (Å²) in [5, 5.41) is 0. The molecule has 0 radical (unpaired) electrons. The number of ketones is 1. The van der Waals surface area contributed by atoms with E-state index in [0.29, 0.717) is 9.71 Å². The van der Waals surface area contributed by atoms with E-state index in [9.17, 15) is 4.79 Å². The molecule has 0 aromatic heterocycles. The lowest BCUT2D eigenvalue weighted by Gasteiger charge is -2.35. The molecule has 1 fully saturated rings. The van der Waals surface area contributed by atoms with Crippen molar-refractivity contribution in [3.8, 4) is 0 Å². The summed E-state index contributed by atoms with van der Waals surface area (Å²) in [4.78, 5) is 11.6. The summed E-state index contributed by atoms with van der Waals surface area (Å²) in [6.07, 6.45) is 4.13. The molecule has 1 rings (SSSR count). The van der Waals surface area contributed by atoms with Gasteiger partial charge in [0.25, 0.3) is 0 Å². The average Bonchev–Trinajstić information content (AvgIpc) is 2.00. The maximum atomic E-state index is 11.6. The molecule has 1 aliphatic rings. The summed E-state index contributed by atoms with van der Waals surface area (Å²) in [6, 6.07) is 0. The summed E-state index contributed by atoms with van der Waals surface area (Å²) in [5.74, 6) is 0.477. The Morgan fingerprint density at radius 2 is 2.36 bits per heavy atom. The second kappa shape index (κ2) is 3.42. The zero-order chi connectivity index (χ0) is 8.48. The van der Waals surface area contributed by atoms with Crippen molar-refractivity contribution >= 4 is 28.4 Å². The van der Waals surface area contributed by atoms with Gasteiger partial charge in [-0.3, -0.25) is 4.79 Å². The Bertz CT molecular complexity index is 167. The topological polar surface area (TPSA) is 17.1 Å². The summed E-state index contributed by atoms with van der Waals surface area (Å²) in [5.41, 5.74) is -0.0151. The highest BCUT2D eigenvalue weighted by Crippen LogP contribution is 2.40. The fourth-order valence-electron chi connectivity index (χ4n) is 1.64. The number of carbonyl (C=O) groups excluding carboxylic acids is 1. The van der Waals surface area contributed by atoms with Crippen molar-refractivity contribution in [2.45, 2.75) is 43.5 Å². The standard InChI is InChI=1S/C9H15IO/c1-3-9(2)7(10)5-4-6-8(9)11/h7H,3-6H2,1-2H3. The number of Topliss-reactive ketones (excluding diaryl/α,β-unsaturated/α-hetero) is 1. The highest BCUT2D eigenvalue weighted by molar-refractivity contribution is 14.1. The molecule has 2 atom stereocenters. The lowest BCUT2D eigenvalue weighted by molar-refractivity contribution is -0.129. The van der Waals surface area contributed by atoms with Gasteiger partial charge in [-0.2, -0.15) is 0 Å². The van der Waals surface area contributed by atoms with E-state index in [4.69, 9.17) is 0 Å². The van der Waals surface area contributed by atoms with Crippen LogP contribution >= 0.6 is 22.6 Å². The lowest BCUT2D eigenvalue weighted by atomic mass is 9.73. The van der Waals surface area contributed by atoms with Crippen molar-refractivity contribution in [1.82, 2.24) is 0 Å². The maximum absolute atomic E-state index is 11.6. The van der Waals surface area contributed by atoms with E-state index >= 15 is 0 Å². The zero-order valence-corrected chi connectivity index (χ0v) is 9.35. The SMILES string of the molecule is CCC1(C)C(=O)CCCC1I. The van der Waals surface area contributed by atoms with E-state index in [0.717, 1.165) is 19.3 Å². The van der Waals surface area contributed by atoms with Gasteiger partial charge in [-0.05, 0) is 19.3 Å². The van der Waals surface area contributed by atoms with Crippen LogP contribution in [-0.2, 0) is 4.79 Å². The van der Waals surface area contributed by atoms with Crippen molar-refractivity contribution in [2.24, 2.45) is 5.41 Å². The molecule has 2 unspecified atom stereocenters. The van der Waals surface area contributed by atoms with Gasteiger partial charge in [-0.25, -0.2) is 0 Å². The van der Waals surface area contributed by atoms with Gasteiger partial charge < -0.3 is 0 Å². The molecule has 0 heterocycles. The summed E-state index contributed by atoms with van der Waals surface area (Å²) in [6.45, 7) is 4.24. The van der Waals surface area contributed by atoms with Gasteiger partial charge in [0, 0.05) is 15.8 Å². The summed E-state index contributed by atoms with van der Waals surface area (Å²) < 4.78 is 0.561. The monoisotopic (exact) mass is 266 g/mol. The molecule has 1 aliphatic carbocycles. The van der Waals surface area contributed by atoms with Crippen LogP contribution in [0.3, 0.4) is 0 Å². The number of rotatable bonds is 1. The van der Waals surface area contributed by atoms with Crippen molar-refractivity contribution in [3.05, 3.63) is 0 Å². The maximum Gasteiger partial charge on any atom is 0.139 e. The Morgan fingerprint density at radius 3 is 2.73 bits per heavy atom. The number of halogens is 1. The third-order valence-corrected chi connectivity index (χ3v) is 4.92.